The molecular formula is C43H45F3N8O6. The van der Waals surface area contributed by atoms with Crippen molar-refractivity contribution in [2.45, 2.75) is 57.7 Å². The topological polar surface area (TPSA) is 149 Å². The van der Waals surface area contributed by atoms with E-state index in [0.717, 1.165) is 62.2 Å². The minimum atomic E-state index is -4.62. The summed E-state index contributed by atoms with van der Waals surface area (Å²) < 4.78 is 46.5. The molecule has 5 amide bonds. The molecule has 6 heterocycles. The molecule has 0 radical (unpaired) electrons. The normalized spacial score (nSPS) is 21.3. The third-order valence-corrected chi connectivity index (χ3v) is 12.4. The van der Waals surface area contributed by atoms with Gasteiger partial charge in [0.25, 0.3) is 11.8 Å². The van der Waals surface area contributed by atoms with E-state index >= 15 is 0 Å². The number of amides is 5. The molecule has 60 heavy (non-hydrogen) atoms. The smallest absolute Gasteiger partial charge is 0.407 e. The number of piperidine rings is 3. The molecule has 1 unspecified atom stereocenters. The first-order valence-corrected chi connectivity index (χ1v) is 20.2. The number of hydrogen-bond acceptors (Lipinski definition) is 10. The van der Waals surface area contributed by atoms with Gasteiger partial charge in [-0.1, -0.05) is 13.0 Å². The second-order valence-corrected chi connectivity index (χ2v) is 16.8. The molecular weight excluding hydrogens is 782 g/mol. The SMILES string of the molecule is [C-]#[N+]c1ccc(N2CCC(C(=O)Nc3ccc(N4CC(C)(CN5CCC(COc6ccc7c(c6)C(=O)N(C6CCC(=O)NC6=O)C7=O)CC5)C4)cn3)CC2)cc1C(F)(F)F. The number of fused-ring (bicyclic) bond motifs is 1. The maximum absolute atomic E-state index is 13.5. The number of likely N-dealkylation sites (tertiary alicyclic amines) is 1. The molecule has 5 aliphatic heterocycles. The zero-order chi connectivity index (χ0) is 42.3. The van der Waals surface area contributed by atoms with Gasteiger partial charge in [0.05, 0.1) is 41.8 Å². The van der Waals surface area contributed by atoms with Crippen LogP contribution in [0.5, 0.6) is 5.75 Å². The lowest BCUT2D eigenvalue weighted by Gasteiger charge is -2.52. The van der Waals surface area contributed by atoms with E-state index in [1.807, 2.05) is 11.0 Å². The maximum atomic E-state index is 13.5. The molecule has 3 aromatic rings. The summed E-state index contributed by atoms with van der Waals surface area (Å²) in [4.78, 5) is 78.2. The predicted octanol–water partition coefficient (Wildman–Crippen LogP) is 5.52. The number of ether oxygens (including phenoxy) is 1. The van der Waals surface area contributed by atoms with Gasteiger partial charge in [-0.25, -0.2) is 9.83 Å². The summed E-state index contributed by atoms with van der Waals surface area (Å²) in [6.45, 7) is 15.2. The van der Waals surface area contributed by atoms with Crippen LogP contribution in [-0.4, -0.2) is 103 Å². The van der Waals surface area contributed by atoms with Crippen molar-refractivity contribution in [3.8, 4) is 5.75 Å². The molecule has 1 atom stereocenters. The van der Waals surface area contributed by atoms with E-state index in [1.165, 1.54) is 12.1 Å². The Balaban J connectivity index is 0.747. The van der Waals surface area contributed by atoms with Crippen molar-refractivity contribution >= 4 is 52.4 Å². The Morgan fingerprint density at radius 3 is 2.30 bits per heavy atom. The van der Waals surface area contributed by atoms with Gasteiger partial charge in [-0.15, -0.1) is 0 Å². The Labute approximate surface area is 344 Å². The first-order chi connectivity index (χ1) is 28.7. The molecule has 0 spiro atoms. The van der Waals surface area contributed by atoms with Crippen LogP contribution in [0.2, 0.25) is 0 Å². The van der Waals surface area contributed by atoms with Crippen molar-refractivity contribution in [3.05, 3.63) is 82.8 Å². The zero-order valence-corrected chi connectivity index (χ0v) is 33.1. The highest BCUT2D eigenvalue weighted by Gasteiger charge is 2.45. The standard InChI is InChI=1S/C43H45F3N8O6/c1-42(23-51-15-11-26(12-16-51)22-60-30-5-6-31-32(20-30)41(59)54(40(31)58)35-8-10-37(55)50-39(35)57)24-53(25-42)29-4-9-36(48-21-29)49-38(56)27-13-17-52(18-14-27)28-3-7-34(47-2)33(19-28)43(44,45)46/h3-7,9,19-21,26-27,35H,8,10-18,22-25H2,1H3,(H,48,49,56)(H,50,55,57). The van der Waals surface area contributed by atoms with Crippen molar-refractivity contribution in [1.82, 2.24) is 20.1 Å². The molecule has 17 heteroatoms. The van der Waals surface area contributed by atoms with Crippen molar-refractivity contribution in [2.24, 2.45) is 17.3 Å². The zero-order valence-electron chi connectivity index (χ0n) is 33.1. The van der Waals surface area contributed by atoms with E-state index in [-0.39, 0.29) is 41.2 Å². The van der Waals surface area contributed by atoms with Crippen LogP contribution in [0.25, 0.3) is 4.85 Å². The summed E-state index contributed by atoms with van der Waals surface area (Å²) in [6.07, 6.45) is 0.182. The molecule has 314 valence electrons. The number of rotatable bonds is 10. The van der Waals surface area contributed by atoms with E-state index < -0.39 is 47.1 Å². The van der Waals surface area contributed by atoms with E-state index in [0.29, 0.717) is 55.7 Å². The first-order valence-electron chi connectivity index (χ1n) is 20.2. The van der Waals surface area contributed by atoms with Gasteiger partial charge in [0.1, 0.15) is 17.6 Å². The van der Waals surface area contributed by atoms with Gasteiger partial charge < -0.3 is 24.8 Å². The lowest BCUT2D eigenvalue weighted by molar-refractivity contribution is -0.137. The summed E-state index contributed by atoms with van der Waals surface area (Å²) in [5.74, 6) is -1.36. The number of hydrogen-bond donors (Lipinski definition) is 2. The third kappa shape index (κ3) is 8.38. The summed E-state index contributed by atoms with van der Waals surface area (Å²) in [6, 6.07) is 11.3. The number of alkyl halides is 3. The largest absolute Gasteiger partial charge is 0.493 e. The molecule has 8 rings (SSSR count). The fourth-order valence-electron chi connectivity index (χ4n) is 9.08. The molecule has 2 N–H and O–H groups in total. The summed E-state index contributed by atoms with van der Waals surface area (Å²) in [5, 5.41) is 5.11. The Morgan fingerprint density at radius 1 is 0.917 bits per heavy atom. The highest BCUT2D eigenvalue weighted by molar-refractivity contribution is 6.23. The summed E-state index contributed by atoms with van der Waals surface area (Å²) in [7, 11) is 0. The second kappa shape index (κ2) is 16.2. The van der Waals surface area contributed by atoms with Gasteiger partial charge in [0.15, 0.2) is 5.69 Å². The van der Waals surface area contributed by atoms with Crippen LogP contribution in [0, 0.1) is 23.8 Å². The van der Waals surface area contributed by atoms with E-state index in [1.54, 1.807) is 30.5 Å². The number of nitrogens with one attached hydrogen (secondary N) is 2. The van der Waals surface area contributed by atoms with Crippen LogP contribution < -0.4 is 25.2 Å². The van der Waals surface area contributed by atoms with Crippen LogP contribution in [0.4, 0.5) is 36.1 Å². The van der Waals surface area contributed by atoms with Crippen LogP contribution in [0.15, 0.2) is 54.7 Å². The molecule has 14 nitrogen and oxygen atoms in total. The second-order valence-electron chi connectivity index (χ2n) is 16.8. The number of anilines is 3. The predicted molar refractivity (Wildman–Crippen MR) is 214 cm³/mol. The minimum absolute atomic E-state index is 0.0624. The molecule has 5 aliphatic rings. The third-order valence-electron chi connectivity index (χ3n) is 12.4. The van der Waals surface area contributed by atoms with Crippen molar-refractivity contribution in [1.29, 1.82) is 0 Å². The van der Waals surface area contributed by atoms with E-state index in [4.69, 9.17) is 11.3 Å². The monoisotopic (exact) mass is 826 g/mol. The van der Waals surface area contributed by atoms with Crippen LogP contribution in [0.1, 0.15) is 71.7 Å². The number of pyridine rings is 1. The molecule has 0 bridgehead atoms. The average Bonchev–Trinajstić information content (AvgIpc) is 3.47. The van der Waals surface area contributed by atoms with Gasteiger partial charge in [0.2, 0.25) is 17.7 Å². The van der Waals surface area contributed by atoms with Crippen LogP contribution in [0.3, 0.4) is 0 Å². The molecule has 4 fully saturated rings. The van der Waals surface area contributed by atoms with Gasteiger partial charge in [-0.2, -0.15) is 13.2 Å². The molecule has 4 saturated heterocycles. The van der Waals surface area contributed by atoms with Crippen molar-refractivity contribution < 1.29 is 41.9 Å². The van der Waals surface area contributed by atoms with Crippen LogP contribution in [-0.2, 0) is 20.6 Å². The van der Waals surface area contributed by atoms with Gasteiger partial charge in [0, 0.05) is 56.2 Å². The molecule has 0 aliphatic carbocycles. The number of nitrogens with zero attached hydrogens (tertiary/aromatic N) is 6. The highest BCUT2D eigenvalue weighted by Crippen LogP contribution is 2.40. The Morgan fingerprint density at radius 2 is 1.63 bits per heavy atom. The summed E-state index contributed by atoms with van der Waals surface area (Å²) >= 11 is 0. The number of benzene rings is 2. The quantitative estimate of drug-likeness (QED) is 0.198. The molecule has 0 saturated carbocycles. The fraction of sp³-hybridized carbons (Fsp3) is 0.465. The number of carbonyl (C=O) groups excluding carboxylic acids is 5. The van der Waals surface area contributed by atoms with Crippen molar-refractivity contribution in [2.75, 3.05) is 67.5 Å². The van der Waals surface area contributed by atoms with Gasteiger partial charge >= 0.3 is 6.18 Å². The fourth-order valence-corrected chi connectivity index (χ4v) is 9.08. The number of halogens is 3. The number of aromatic nitrogens is 1. The number of imide groups is 2. The Hall–Kier alpha value is -6.02. The van der Waals surface area contributed by atoms with Crippen molar-refractivity contribution in [3.63, 3.8) is 0 Å². The van der Waals surface area contributed by atoms with Gasteiger partial charge in [-0.05, 0) is 93.6 Å². The maximum Gasteiger partial charge on any atom is 0.407 e. The molecule has 2 aromatic carbocycles. The van der Waals surface area contributed by atoms with Crippen LogP contribution >= 0.6 is 0 Å². The first kappa shape index (κ1) is 40.7. The van der Waals surface area contributed by atoms with E-state index in [2.05, 4.69) is 37.2 Å². The van der Waals surface area contributed by atoms with Gasteiger partial charge in [-0.3, -0.25) is 34.2 Å². The lowest BCUT2D eigenvalue weighted by Crippen LogP contribution is -2.60. The average molecular weight is 827 g/mol. The summed E-state index contributed by atoms with van der Waals surface area (Å²) in [5.41, 5.74) is 0.502. The van der Waals surface area contributed by atoms with E-state index in [9.17, 15) is 37.1 Å². The Bertz CT molecular complexity index is 2240. The minimum Gasteiger partial charge on any atom is -0.493 e. The molecule has 1 aromatic heterocycles. The Kier molecular flexibility index (Phi) is 11.0. The number of carbonyl (C=O) groups is 5. The highest BCUT2D eigenvalue weighted by atomic mass is 19.4. The lowest BCUT2D eigenvalue weighted by atomic mass is 9.80.